The molecular weight excluding hydrogens is 228 g/mol. The van der Waals surface area contributed by atoms with Crippen molar-refractivity contribution in [3.63, 3.8) is 0 Å². The van der Waals surface area contributed by atoms with Crippen molar-refractivity contribution in [1.29, 1.82) is 0 Å². The van der Waals surface area contributed by atoms with Gasteiger partial charge in [0.05, 0.1) is 0 Å². The second-order valence-corrected chi connectivity index (χ2v) is 3.77. The fourth-order valence-corrected chi connectivity index (χ4v) is 1.45. The van der Waals surface area contributed by atoms with Gasteiger partial charge in [-0.15, -0.1) is 5.10 Å². The van der Waals surface area contributed by atoms with Crippen LogP contribution in [0.5, 0.6) is 0 Å². The summed E-state index contributed by atoms with van der Waals surface area (Å²) in [7, 11) is 0. The molecule has 1 unspecified atom stereocenters. The van der Waals surface area contributed by atoms with Crippen LogP contribution in [0, 0.1) is 0 Å². The van der Waals surface area contributed by atoms with E-state index < -0.39 is 6.04 Å². The van der Waals surface area contributed by atoms with Gasteiger partial charge in [0.25, 0.3) is 0 Å². The minimum Gasteiger partial charge on any atom is -0.292 e. The van der Waals surface area contributed by atoms with Crippen LogP contribution < -0.4 is 0 Å². The van der Waals surface area contributed by atoms with E-state index in [4.69, 9.17) is 11.6 Å². The first kappa shape index (κ1) is 10.8. The van der Waals surface area contributed by atoms with Gasteiger partial charge in [0.1, 0.15) is 12.4 Å². The van der Waals surface area contributed by atoms with E-state index in [1.54, 1.807) is 31.2 Å². The monoisotopic (exact) mass is 236 g/mol. The van der Waals surface area contributed by atoms with Crippen molar-refractivity contribution >= 4 is 17.4 Å². The first-order valence-corrected chi connectivity index (χ1v) is 5.08. The topological polar surface area (TPSA) is 60.7 Å². The highest BCUT2D eigenvalue weighted by Gasteiger charge is 2.17. The predicted octanol–water partition coefficient (Wildman–Crippen LogP) is 1.77. The standard InChI is InChI=1S/C10H9ClN4O/c1-7(15-6-12-13-14-15)10(16)8-2-4-9(11)5-3-8/h2-7H,1H3. The molecule has 0 saturated heterocycles. The van der Waals surface area contributed by atoms with Crippen molar-refractivity contribution in [3.05, 3.63) is 41.2 Å². The van der Waals surface area contributed by atoms with E-state index in [-0.39, 0.29) is 5.78 Å². The fraction of sp³-hybridized carbons (Fsp3) is 0.200. The summed E-state index contributed by atoms with van der Waals surface area (Å²) in [5, 5.41) is 11.3. The van der Waals surface area contributed by atoms with Crippen LogP contribution >= 0.6 is 11.6 Å². The average molecular weight is 237 g/mol. The zero-order valence-corrected chi connectivity index (χ0v) is 9.30. The van der Waals surface area contributed by atoms with Gasteiger partial charge in [-0.05, 0) is 41.6 Å². The van der Waals surface area contributed by atoms with E-state index in [0.29, 0.717) is 10.6 Å². The third kappa shape index (κ3) is 2.09. The summed E-state index contributed by atoms with van der Waals surface area (Å²) >= 11 is 5.75. The number of ketones is 1. The second-order valence-electron chi connectivity index (χ2n) is 3.34. The molecule has 1 aromatic heterocycles. The molecule has 0 aliphatic rings. The molecule has 1 atom stereocenters. The molecule has 5 nitrogen and oxygen atoms in total. The van der Waals surface area contributed by atoms with Crippen LogP contribution in [0.25, 0.3) is 0 Å². The van der Waals surface area contributed by atoms with Gasteiger partial charge < -0.3 is 0 Å². The molecule has 0 bridgehead atoms. The molecule has 16 heavy (non-hydrogen) atoms. The van der Waals surface area contributed by atoms with Gasteiger partial charge in [-0.1, -0.05) is 11.6 Å². The van der Waals surface area contributed by atoms with Gasteiger partial charge in [0.15, 0.2) is 5.78 Å². The molecule has 0 radical (unpaired) electrons. The van der Waals surface area contributed by atoms with Crippen molar-refractivity contribution in [1.82, 2.24) is 20.2 Å². The van der Waals surface area contributed by atoms with Gasteiger partial charge in [-0.2, -0.15) is 0 Å². The van der Waals surface area contributed by atoms with E-state index in [9.17, 15) is 4.79 Å². The number of Topliss-reactive ketones (excluding diaryl/α,β-unsaturated/α-hetero) is 1. The molecule has 2 rings (SSSR count). The third-order valence-electron chi connectivity index (χ3n) is 2.27. The number of hydrogen-bond donors (Lipinski definition) is 0. The number of benzene rings is 1. The molecule has 0 N–H and O–H groups in total. The van der Waals surface area contributed by atoms with Crippen LogP contribution in [-0.2, 0) is 0 Å². The van der Waals surface area contributed by atoms with Crippen LogP contribution in [0.15, 0.2) is 30.6 Å². The molecule has 1 heterocycles. The lowest BCUT2D eigenvalue weighted by atomic mass is 10.1. The van der Waals surface area contributed by atoms with E-state index in [2.05, 4.69) is 15.5 Å². The Balaban J connectivity index is 2.22. The smallest absolute Gasteiger partial charge is 0.187 e. The van der Waals surface area contributed by atoms with Crippen molar-refractivity contribution in [3.8, 4) is 0 Å². The third-order valence-corrected chi connectivity index (χ3v) is 2.52. The Hall–Kier alpha value is -1.75. The number of nitrogens with zero attached hydrogens (tertiary/aromatic N) is 4. The van der Waals surface area contributed by atoms with E-state index >= 15 is 0 Å². The van der Waals surface area contributed by atoms with Gasteiger partial charge in [-0.3, -0.25) is 4.79 Å². The molecule has 82 valence electrons. The van der Waals surface area contributed by atoms with Gasteiger partial charge >= 0.3 is 0 Å². The Kier molecular flexibility index (Phi) is 2.96. The summed E-state index contributed by atoms with van der Waals surface area (Å²) in [5.74, 6) is -0.0519. The quantitative estimate of drug-likeness (QED) is 0.762. The predicted molar refractivity (Wildman–Crippen MR) is 58.3 cm³/mol. The molecule has 0 saturated carbocycles. The summed E-state index contributed by atoms with van der Waals surface area (Å²) in [6, 6.07) is 6.32. The summed E-state index contributed by atoms with van der Waals surface area (Å²) in [6.45, 7) is 1.74. The summed E-state index contributed by atoms with van der Waals surface area (Å²) < 4.78 is 1.41. The lowest BCUT2D eigenvalue weighted by Gasteiger charge is -2.09. The molecule has 0 amide bonds. The maximum Gasteiger partial charge on any atom is 0.187 e. The Labute approximate surface area is 97.0 Å². The Morgan fingerprint density at radius 3 is 2.62 bits per heavy atom. The summed E-state index contributed by atoms with van der Waals surface area (Å²) in [5.41, 5.74) is 0.590. The highest BCUT2D eigenvalue weighted by molar-refractivity contribution is 6.30. The van der Waals surface area contributed by atoms with Crippen LogP contribution in [0.1, 0.15) is 23.3 Å². The number of rotatable bonds is 3. The average Bonchev–Trinajstić information content (AvgIpc) is 2.81. The zero-order chi connectivity index (χ0) is 11.5. The zero-order valence-electron chi connectivity index (χ0n) is 8.54. The highest BCUT2D eigenvalue weighted by Crippen LogP contribution is 2.15. The second kappa shape index (κ2) is 4.40. The maximum atomic E-state index is 12.0. The molecule has 0 fully saturated rings. The van der Waals surface area contributed by atoms with E-state index in [1.165, 1.54) is 11.0 Å². The van der Waals surface area contributed by atoms with Gasteiger partial charge in [-0.25, -0.2) is 4.68 Å². The summed E-state index contributed by atoms with van der Waals surface area (Å²) in [6.07, 6.45) is 1.42. The Bertz CT molecular complexity index is 480. The maximum absolute atomic E-state index is 12.0. The van der Waals surface area contributed by atoms with Crippen molar-refractivity contribution in [2.75, 3.05) is 0 Å². The van der Waals surface area contributed by atoms with Crippen LogP contribution in [0.3, 0.4) is 0 Å². The largest absolute Gasteiger partial charge is 0.292 e. The minimum atomic E-state index is -0.420. The van der Waals surface area contributed by atoms with Crippen LogP contribution in [0.4, 0.5) is 0 Å². The van der Waals surface area contributed by atoms with Crippen molar-refractivity contribution in [2.24, 2.45) is 0 Å². The van der Waals surface area contributed by atoms with E-state index in [0.717, 1.165) is 0 Å². The number of hydrogen-bond acceptors (Lipinski definition) is 4. The molecule has 2 aromatic rings. The molecule has 0 spiro atoms. The fourth-order valence-electron chi connectivity index (χ4n) is 1.32. The number of carbonyl (C=O) groups excluding carboxylic acids is 1. The lowest BCUT2D eigenvalue weighted by Crippen LogP contribution is -2.17. The molecule has 0 aliphatic carbocycles. The van der Waals surface area contributed by atoms with Gasteiger partial charge in [0.2, 0.25) is 0 Å². The molecule has 1 aromatic carbocycles. The number of halogens is 1. The Morgan fingerprint density at radius 1 is 1.38 bits per heavy atom. The van der Waals surface area contributed by atoms with Crippen LogP contribution in [0.2, 0.25) is 5.02 Å². The molecular formula is C10H9ClN4O. The minimum absolute atomic E-state index is 0.0519. The molecule has 6 heteroatoms. The first-order valence-electron chi connectivity index (χ1n) is 4.71. The van der Waals surface area contributed by atoms with Gasteiger partial charge in [0, 0.05) is 10.6 Å². The van der Waals surface area contributed by atoms with Crippen molar-refractivity contribution in [2.45, 2.75) is 13.0 Å². The number of tetrazole rings is 1. The SMILES string of the molecule is CC(C(=O)c1ccc(Cl)cc1)n1cnnn1. The normalized spacial score (nSPS) is 12.4. The first-order chi connectivity index (χ1) is 7.68. The number of carbonyl (C=O) groups is 1. The lowest BCUT2D eigenvalue weighted by molar-refractivity contribution is 0.0927. The summed E-state index contributed by atoms with van der Waals surface area (Å²) in [4.78, 5) is 12.0. The van der Waals surface area contributed by atoms with E-state index in [1.807, 2.05) is 0 Å². The van der Waals surface area contributed by atoms with Crippen molar-refractivity contribution < 1.29 is 4.79 Å². The highest BCUT2D eigenvalue weighted by atomic mass is 35.5. The number of aromatic nitrogens is 4. The molecule has 0 aliphatic heterocycles. The van der Waals surface area contributed by atoms with Crippen LogP contribution in [-0.4, -0.2) is 26.0 Å². The Morgan fingerprint density at radius 2 is 2.06 bits per heavy atom.